The summed E-state index contributed by atoms with van der Waals surface area (Å²) < 4.78 is 34.6. The maximum atomic E-state index is 13.7. The summed E-state index contributed by atoms with van der Waals surface area (Å²) in [5, 5.41) is 16.8. The van der Waals surface area contributed by atoms with Crippen LogP contribution in [0, 0.1) is 0 Å². The van der Waals surface area contributed by atoms with E-state index in [1.54, 1.807) is 18.2 Å². The third-order valence-corrected chi connectivity index (χ3v) is 8.88. The van der Waals surface area contributed by atoms with Crippen molar-refractivity contribution in [2.45, 2.75) is 48.3 Å². The molecule has 0 aliphatic carbocycles. The van der Waals surface area contributed by atoms with E-state index >= 15 is 0 Å². The number of aliphatic hydroxyl groups is 1. The first kappa shape index (κ1) is 22.3. The van der Waals surface area contributed by atoms with Gasteiger partial charge in [0.2, 0.25) is 15.9 Å². The van der Waals surface area contributed by atoms with Crippen molar-refractivity contribution in [1.29, 1.82) is 0 Å². The Morgan fingerprint density at radius 1 is 1.03 bits per heavy atom. The second kappa shape index (κ2) is 8.72. The molecule has 2 atom stereocenters. The number of carbonyl (C=O) groups excluding carboxylic acids is 1. The fraction of sp³-hybridized carbons (Fsp3) is 0.458. The van der Waals surface area contributed by atoms with Gasteiger partial charge in [0, 0.05) is 24.9 Å². The number of piperidine rings is 1. The van der Waals surface area contributed by atoms with Crippen molar-refractivity contribution in [2.24, 2.45) is 0 Å². The van der Waals surface area contributed by atoms with E-state index in [4.69, 9.17) is 4.74 Å². The molecule has 0 bridgehead atoms. The Morgan fingerprint density at radius 3 is 2.55 bits per heavy atom. The first-order chi connectivity index (χ1) is 15.9. The molecule has 176 valence electrons. The molecule has 2 saturated heterocycles. The summed E-state index contributed by atoms with van der Waals surface area (Å²) in [6.45, 7) is 1.71. The molecule has 5 rings (SSSR count). The van der Waals surface area contributed by atoms with Crippen LogP contribution in [-0.2, 0) is 14.8 Å². The second-order valence-electron chi connectivity index (χ2n) is 9.13. The van der Waals surface area contributed by atoms with Gasteiger partial charge in [-0.15, -0.1) is 0 Å². The molecule has 1 amide bonds. The van der Waals surface area contributed by atoms with E-state index in [9.17, 15) is 18.3 Å². The van der Waals surface area contributed by atoms with Crippen molar-refractivity contribution in [3.05, 3.63) is 48.5 Å². The van der Waals surface area contributed by atoms with E-state index in [-0.39, 0.29) is 36.1 Å². The number of fused-ring (bicyclic) bond motifs is 2. The molecule has 0 aromatic heterocycles. The Labute approximate surface area is 194 Å². The lowest BCUT2D eigenvalue weighted by molar-refractivity contribution is -0.126. The van der Waals surface area contributed by atoms with Crippen LogP contribution >= 0.6 is 0 Å². The van der Waals surface area contributed by atoms with Crippen LogP contribution in [0.3, 0.4) is 0 Å². The van der Waals surface area contributed by atoms with Crippen molar-refractivity contribution >= 4 is 15.9 Å². The summed E-state index contributed by atoms with van der Waals surface area (Å²) in [5.41, 5.74) is 1.34. The monoisotopic (exact) mass is 471 g/mol. The Hall–Kier alpha value is -2.46. The van der Waals surface area contributed by atoms with Crippen LogP contribution in [0.1, 0.15) is 25.7 Å². The molecule has 3 aliphatic rings. The van der Waals surface area contributed by atoms with Gasteiger partial charge in [-0.25, -0.2) is 8.42 Å². The fourth-order valence-corrected chi connectivity index (χ4v) is 6.85. The van der Waals surface area contributed by atoms with Crippen LogP contribution in [0.2, 0.25) is 0 Å². The lowest BCUT2D eigenvalue weighted by Gasteiger charge is -2.39. The molecule has 8 nitrogen and oxygen atoms in total. The van der Waals surface area contributed by atoms with Crippen LogP contribution in [0.5, 0.6) is 5.75 Å². The summed E-state index contributed by atoms with van der Waals surface area (Å²) in [7, 11) is -4.07. The lowest BCUT2D eigenvalue weighted by Crippen LogP contribution is -2.58. The van der Waals surface area contributed by atoms with Crippen molar-refractivity contribution in [3.63, 3.8) is 0 Å². The van der Waals surface area contributed by atoms with Gasteiger partial charge in [0.25, 0.3) is 0 Å². The number of nitrogens with one attached hydrogen (secondary N) is 2. The fourth-order valence-electron chi connectivity index (χ4n) is 5.10. The number of hydrogen-bond donors (Lipinski definition) is 3. The molecule has 2 aromatic carbocycles. The second-order valence-corrected chi connectivity index (χ2v) is 11.0. The molecule has 33 heavy (non-hydrogen) atoms. The molecular formula is C24H29N3O5S. The molecular weight excluding hydrogens is 442 g/mol. The van der Waals surface area contributed by atoms with Gasteiger partial charge >= 0.3 is 0 Å². The van der Waals surface area contributed by atoms with E-state index in [1.807, 2.05) is 30.3 Å². The van der Waals surface area contributed by atoms with Crippen molar-refractivity contribution < 1.29 is 23.1 Å². The van der Waals surface area contributed by atoms with Crippen LogP contribution in [-0.4, -0.2) is 67.7 Å². The van der Waals surface area contributed by atoms with Gasteiger partial charge in [-0.2, -0.15) is 4.31 Å². The van der Waals surface area contributed by atoms with E-state index in [0.29, 0.717) is 6.42 Å². The number of nitrogens with zero attached hydrogens (tertiary/aromatic N) is 1. The molecule has 2 fully saturated rings. The number of sulfonamides is 1. The van der Waals surface area contributed by atoms with Crippen LogP contribution < -0.4 is 15.4 Å². The average molecular weight is 472 g/mol. The average Bonchev–Trinajstić information content (AvgIpc) is 3.22. The molecule has 3 heterocycles. The topological polar surface area (TPSA) is 108 Å². The van der Waals surface area contributed by atoms with Gasteiger partial charge in [-0.1, -0.05) is 36.4 Å². The first-order valence-corrected chi connectivity index (χ1v) is 12.9. The third-order valence-electron chi connectivity index (χ3n) is 6.96. The largest absolute Gasteiger partial charge is 0.492 e. The van der Waals surface area contributed by atoms with Crippen LogP contribution in [0.25, 0.3) is 11.1 Å². The smallest absolute Gasteiger partial charge is 0.247 e. The minimum atomic E-state index is -4.07. The highest BCUT2D eigenvalue weighted by Gasteiger charge is 2.47. The molecule has 0 unspecified atom stereocenters. The predicted octanol–water partition coefficient (Wildman–Crippen LogP) is 1.50. The molecule has 3 N–H and O–H groups in total. The first-order valence-electron chi connectivity index (χ1n) is 11.4. The van der Waals surface area contributed by atoms with E-state index in [0.717, 1.165) is 41.4 Å². The zero-order chi connectivity index (χ0) is 23.1. The number of hydrogen-bond acceptors (Lipinski definition) is 6. The van der Waals surface area contributed by atoms with E-state index in [2.05, 4.69) is 10.6 Å². The summed E-state index contributed by atoms with van der Waals surface area (Å²) in [6.07, 6.45) is 1.24. The summed E-state index contributed by atoms with van der Waals surface area (Å²) in [5.74, 6) is -0.0729. The number of ether oxygens (including phenoxy) is 1. The lowest BCUT2D eigenvalue weighted by atomic mass is 9.85. The number of rotatable bonds is 1. The third kappa shape index (κ3) is 4.26. The number of carbonyl (C=O) groups is 1. The number of amides is 1. The number of aliphatic hydroxyl groups excluding tert-OH is 1. The minimum absolute atomic E-state index is 0.0235. The van der Waals surface area contributed by atoms with Crippen LogP contribution in [0.15, 0.2) is 53.4 Å². The Balaban J connectivity index is 1.59. The number of benzene rings is 2. The van der Waals surface area contributed by atoms with Gasteiger partial charge in [-0.05, 0) is 49.2 Å². The molecule has 3 aliphatic heterocycles. The highest BCUT2D eigenvalue weighted by Crippen LogP contribution is 2.36. The molecule has 9 heteroatoms. The zero-order valence-electron chi connectivity index (χ0n) is 18.4. The maximum absolute atomic E-state index is 13.7. The van der Waals surface area contributed by atoms with Gasteiger partial charge in [0.15, 0.2) is 0 Å². The van der Waals surface area contributed by atoms with Crippen molar-refractivity contribution in [3.8, 4) is 16.9 Å². The Morgan fingerprint density at radius 2 is 1.79 bits per heavy atom. The Bertz CT molecular complexity index is 1130. The van der Waals surface area contributed by atoms with Crippen molar-refractivity contribution in [1.82, 2.24) is 14.9 Å². The van der Waals surface area contributed by atoms with Gasteiger partial charge in [0.05, 0.1) is 12.7 Å². The van der Waals surface area contributed by atoms with E-state index in [1.165, 1.54) is 0 Å². The summed E-state index contributed by atoms with van der Waals surface area (Å²) in [6, 6.07) is 13.8. The highest BCUT2D eigenvalue weighted by atomic mass is 32.2. The predicted molar refractivity (Wildman–Crippen MR) is 123 cm³/mol. The summed E-state index contributed by atoms with van der Waals surface area (Å²) in [4.78, 5) is 13.3. The molecule has 0 radical (unpaired) electrons. The standard InChI is InChI=1S/C24H29N3O5S/c28-19-15-20-23(29)26-24(8-11-25-12-9-24)10-13-32-21-14-18(17-4-2-1-3-5-17)6-7-22(21)33(30,31)27(20)16-19/h1-7,14,19-20,25,28H,8-13,15-16H2,(H,26,29)/t19-,20+/m1/s1. The summed E-state index contributed by atoms with van der Waals surface area (Å²) >= 11 is 0. The highest BCUT2D eigenvalue weighted by molar-refractivity contribution is 7.89. The minimum Gasteiger partial charge on any atom is -0.492 e. The maximum Gasteiger partial charge on any atom is 0.247 e. The van der Waals surface area contributed by atoms with Gasteiger partial charge in [0.1, 0.15) is 16.7 Å². The normalized spacial score (nSPS) is 27.0. The zero-order valence-corrected chi connectivity index (χ0v) is 19.2. The quantitative estimate of drug-likeness (QED) is 0.582. The SMILES string of the molecule is O=C1NC2(CCNCC2)CCOc2cc(-c3ccccc3)ccc2S(=O)(=O)N2C[C@H](O)C[C@@H]12. The molecule has 1 spiro atoms. The Kier molecular flexibility index (Phi) is 5.90. The molecule has 2 aromatic rings. The molecule has 0 saturated carbocycles. The van der Waals surface area contributed by atoms with Crippen LogP contribution in [0.4, 0.5) is 0 Å². The van der Waals surface area contributed by atoms with E-state index < -0.39 is 27.7 Å². The van der Waals surface area contributed by atoms with Crippen molar-refractivity contribution in [2.75, 3.05) is 26.2 Å². The van der Waals surface area contributed by atoms with Gasteiger partial charge in [-0.3, -0.25) is 4.79 Å². The van der Waals surface area contributed by atoms with Gasteiger partial charge < -0.3 is 20.5 Å².